The van der Waals surface area contributed by atoms with Crippen molar-refractivity contribution < 1.29 is 9.53 Å². The fourth-order valence-corrected chi connectivity index (χ4v) is 3.28. The molecule has 1 fully saturated rings. The maximum absolute atomic E-state index is 13.0. The quantitative estimate of drug-likeness (QED) is 0.861. The summed E-state index contributed by atoms with van der Waals surface area (Å²) in [4.78, 5) is 19.1. The van der Waals surface area contributed by atoms with Gasteiger partial charge in [0.25, 0.3) is 5.91 Å². The summed E-state index contributed by atoms with van der Waals surface area (Å²) in [6.07, 6.45) is 5.67. The van der Waals surface area contributed by atoms with Crippen molar-refractivity contribution in [3.8, 4) is 11.1 Å². The molecule has 0 bridgehead atoms. The van der Waals surface area contributed by atoms with Crippen LogP contribution in [0.25, 0.3) is 11.1 Å². The van der Waals surface area contributed by atoms with E-state index in [-0.39, 0.29) is 11.9 Å². The molecule has 2 aromatic rings. The zero-order valence-electron chi connectivity index (χ0n) is 14.4. The number of hydrogen-bond acceptors (Lipinski definition) is 3. The number of amides is 1. The van der Waals surface area contributed by atoms with E-state index >= 15 is 0 Å². The molecule has 1 amide bonds. The number of ether oxygens (including phenoxy) is 1. The first-order chi connectivity index (χ1) is 11.7. The normalized spacial score (nSPS) is 17.8. The van der Waals surface area contributed by atoms with E-state index in [1.807, 2.05) is 48.4 Å². The van der Waals surface area contributed by atoms with Crippen LogP contribution in [0, 0.1) is 6.92 Å². The van der Waals surface area contributed by atoms with Crippen molar-refractivity contribution in [2.75, 3.05) is 19.8 Å². The van der Waals surface area contributed by atoms with Crippen molar-refractivity contribution in [1.29, 1.82) is 0 Å². The molecule has 3 rings (SSSR count). The lowest BCUT2D eigenvalue weighted by Gasteiger charge is -2.35. The molecule has 1 atom stereocenters. The first-order valence-corrected chi connectivity index (χ1v) is 8.60. The van der Waals surface area contributed by atoms with Crippen LogP contribution in [0.3, 0.4) is 0 Å². The van der Waals surface area contributed by atoms with Crippen molar-refractivity contribution in [3.63, 3.8) is 0 Å². The van der Waals surface area contributed by atoms with Crippen LogP contribution in [0.1, 0.15) is 35.7 Å². The third-order valence-electron chi connectivity index (χ3n) is 4.55. The second-order valence-electron chi connectivity index (χ2n) is 6.29. The zero-order valence-corrected chi connectivity index (χ0v) is 14.4. The number of rotatable bonds is 4. The average molecular weight is 324 g/mol. The number of aryl methyl sites for hydroxylation is 1. The second-order valence-corrected chi connectivity index (χ2v) is 6.29. The average Bonchev–Trinajstić information content (AvgIpc) is 2.62. The minimum atomic E-state index is 0.102. The van der Waals surface area contributed by atoms with Crippen LogP contribution in [-0.2, 0) is 4.74 Å². The molecule has 1 aliphatic heterocycles. The van der Waals surface area contributed by atoms with Gasteiger partial charge in [-0.25, -0.2) is 0 Å². The fraction of sp³-hybridized carbons (Fsp3) is 0.400. The van der Waals surface area contributed by atoms with Crippen molar-refractivity contribution in [2.24, 2.45) is 0 Å². The molecule has 0 radical (unpaired) electrons. The lowest BCUT2D eigenvalue weighted by atomic mass is 9.99. The SMILES string of the molecule is CCC[C@H]1COCCN1C(=O)c1cccc(-c2ccncc2C)c1. The topological polar surface area (TPSA) is 42.4 Å². The van der Waals surface area contributed by atoms with Crippen molar-refractivity contribution in [1.82, 2.24) is 9.88 Å². The van der Waals surface area contributed by atoms with E-state index in [1.165, 1.54) is 0 Å². The van der Waals surface area contributed by atoms with Gasteiger partial charge in [0.1, 0.15) is 0 Å². The molecule has 1 aromatic carbocycles. The fourth-order valence-electron chi connectivity index (χ4n) is 3.28. The maximum Gasteiger partial charge on any atom is 0.254 e. The molecule has 0 saturated carbocycles. The number of hydrogen-bond donors (Lipinski definition) is 0. The summed E-state index contributed by atoms with van der Waals surface area (Å²) in [5.41, 5.74) is 4.02. The van der Waals surface area contributed by atoms with Gasteiger partial charge in [0.05, 0.1) is 19.3 Å². The summed E-state index contributed by atoms with van der Waals surface area (Å²) in [6, 6.07) is 10.1. The minimum absolute atomic E-state index is 0.102. The molecule has 0 aliphatic carbocycles. The van der Waals surface area contributed by atoms with Crippen LogP contribution < -0.4 is 0 Å². The number of morpholine rings is 1. The van der Waals surface area contributed by atoms with Gasteiger partial charge in [-0.15, -0.1) is 0 Å². The van der Waals surface area contributed by atoms with Crippen molar-refractivity contribution >= 4 is 5.91 Å². The molecule has 126 valence electrons. The summed E-state index contributed by atoms with van der Waals surface area (Å²) in [5, 5.41) is 0. The number of nitrogens with zero attached hydrogens (tertiary/aromatic N) is 2. The lowest BCUT2D eigenvalue weighted by molar-refractivity contribution is -0.00433. The molecule has 1 aliphatic rings. The summed E-state index contributed by atoms with van der Waals surface area (Å²) in [6.45, 7) is 6.11. The van der Waals surface area contributed by atoms with Crippen molar-refractivity contribution in [3.05, 3.63) is 53.9 Å². The Bertz CT molecular complexity index is 712. The Labute approximate surface area is 143 Å². The largest absolute Gasteiger partial charge is 0.377 e. The summed E-state index contributed by atoms with van der Waals surface area (Å²) in [7, 11) is 0. The van der Waals surface area contributed by atoms with E-state index in [4.69, 9.17) is 4.74 Å². The summed E-state index contributed by atoms with van der Waals surface area (Å²) in [5.74, 6) is 0.102. The van der Waals surface area contributed by atoms with E-state index in [0.29, 0.717) is 19.8 Å². The number of aromatic nitrogens is 1. The van der Waals surface area contributed by atoms with Gasteiger partial charge in [0.15, 0.2) is 0 Å². The zero-order chi connectivity index (χ0) is 16.9. The molecular weight excluding hydrogens is 300 g/mol. The molecule has 0 N–H and O–H groups in total. The summed E-state index contributed by atoms with van der Waals surface area (Å²) < 4.78 is 5.56. The molecule has 24 heavy (non-hydrogen) atoms. The summed E-state index contributed by atoms with van der Waals surface area (Å²) >= 11 is 0. The van der Waals surface area contributed by atoms with Crippen LogP contribution in [0.5, 0.6) is 0 Å². The highest BCUT2D eigenvalue weighted by Crippen LogP contribution is 2.24. The number of benzene rings is 1. The van der Waals surface area contributed by atoms with E-state index in [9.17, 15) is 4.79 Å². The van der Waals surface area contributed by atoms with Crippen LogP contribution in [0.4, 0.5) is 0 Å². The van der Waals surface area contributed by atoms with Crippen LogP contribution >= 0.6 is 0 Å². The van der Waals surface area contributed by atoms with E-state index in [1.54, 1.807) is 6.20 Å². The van der Waals surface area contributed by atoms with Gasteiger partial charge < -0.3 is 9.64 Å². The molecule has 4 nitrogen and oxygen atoms in total. The van der Waals surface area contributed by atoms with Crippen LogP contribution in [0.15, 0.2) is 42.7 Å². The van der Waals surface area contributed by atoms with Gasteiger partial charge in [-0.2, -0.15) is 0 Å². The monoisotopic (exact) mass is 324 g/mol. The number of carbonyl (C=O) groups is 1. The Kier molecular flexibility index (Phi) is 5.26. The Morgan fingerprint density at radius 2 is 2.25 bits per heavy atom. The van der Waals surface area contributed by atoms with Crippen LogP contribution in [-0.4, -0.2) is 41.6 Å². The maximum atomic E-state index is 13.0. The highest BCUT2D eigenvalue weighted by molar-refractivity contribution is 5.95. The van der Waals surface area contributed by atoms with Gasteiger partial charge in [-0.3, -0.25) is 9.78 Å². The molecule has 4 heteroatoms. The van der Waals surface area contributed by atoms with Crippen LogP contribution in [0.2, 0.25) is 0 Å². The van der Waals surface area contributed by atoms with Gasteiger partial charge in [0.2, 0.25) is 0 Å². The molecule has 1 aromatic heterocycles. The molecular formula is C20H24N2O2. The Hall–Kier alpha value is -2.20. The Balaban J connectivity index is 1.88. The second kappa shape index (κ2) is 7.58. The van der Waals surface area contributed by atoms with E-state index in [2.05, 4.69) is 11.9 Å². The highest BCUT2D eigenvalue weighted by Gasteiger charge is 2.27. The first kappa shape index (κ1) is 16.7. The van der Waals surface area contributed by atoms with Crippen molar-refractivity contribution in [2.45, 2.75) is 32.7 Å². The molecule has 0 spiro atoms. The minimum Gasteiger partial charge on any atom is -0.377 e. The molecule has 0 unspecified atom stereocenters. The standard InChI is InChI=1S/C20H24N2O2/c1-3-5-18-14-24-11-10-22(18)20(23)17-7-4-6-16(12-17)19-8-9-21-13-15(19)2/h4,6-9,12-13,18H,3,5,10-11,14H2,1-2H3/t18-/m0/s1. The third kappa shape index (κ3) is 3.49. The van der Waals surface area contributed by atoms with Gasteiger partial charge in [-0.1, -0.05) is 25.5 Å². The highest BCUT2D eigenvalue weighted by atomic mass is 16.5. The lowest BCUT2D eigenvalue weighted by Crippen LogP contribution is -2.48. The molecule has 1 saturated heterocycles. The molecule has 2 heterocycles. The van der Waals surface area contributed by atoms with Gasteiger partial charge in [0, 0.05) is 24.5 Å². The first-order valence-electron chi connectivity index (χ1n) is 8.60. The van der Waals surface area contributed by atoms with Gasteiger partial charge >= 0.3 is 0 Å². The predicted octanol–water partition coefficient (Wildman–Crippen LogP) is 3.70. The predicted molar refractivity (Wildman–Crippen MR) is 95.0 cm³/mol. The smallest absolute Gasteiger partial charge is 0.254 e. The van der Waals surface area contributed by atoms with E-state index in [0.717, 1.165) is 35.1 Å². The number of pyridine rings is 1. The number of carbonyl (C=O) groups excluding carboxylic acids is 1. The third-order valence-corrected chi connectivity index (χ3v) is 4.55. The van der Waals surface area contributed by atoms with E-state index < -0.39 is 0 Å². The Morgan fingerprint density at radius 3 is 3.04 bits per heavy atom. The Morgan fingerprint density at radius 1 is 1.38 bits per heavy atom. The van der Waals surface area contributed by atoms with Gasteiger partial charge in [-0.05, 0) is 48.2 Å².